The van der Waals surface area contributed by atoms with E-state index >= 15 is 0 Å². The first-order valence-electron chi connectivity index (χ1n) is 7.08. The molecule has 0 saturated heterocycles. The highest BCUT2D eigenvalue weighted by molar-refractivity contribution is 9.10. The van der Waals surface area contributed by atoms with Crippen LogP contribution in [0.3, 0.4) is 0 Å². The van der Waals surface area contributed by atoms with E-state index < -0.39 is 0 Å². The van der Waals surface area contributed by atoms with Gasteiger partial charge in [-0.05, 0) is 57.3 Å². The zero-order chi connectivity index (χ0) is 17.5. The van der Waals surface area contributed by atoms with Gasteiger partial charge in [0.2, 0.25) is 5.91 Å². The van der Waals surface area contributed by atoms with Crippen LogP contribution >= 0.6 is 28.1 Å². The summed E-state index contributed by atoms with van der Waals surface area (Å²) < 4.78 is 0.902. The number of thiocarbonyl (C=S) groups is 1. The van der Waals surface area contributed by atoms with Gasteiger partial charge < -0.3 is 10.6 Å². The molecular weight excluding hydrogens is 380 g/mol. The molecule has 2 amide bonds. The summed E-state index contributed by atoms with van der Waals surface area (Å²) in [6.45, 7) is 6.11. The Kier molecular flexibility index (Phi) is 7.44. The van der Waals surface area contributed by atoms with Crippen molar-refractivity contribution >= 4 is 45.1 Å². The fourth-order valence-corrected chi connectivity index (χ4v) is 2.18. The number of halogens is 1. The standard InChI is InChI=1S/C15H21BrN4O2S/c1-15(2,3)18-14(23)20-19-12(21)8-9-17-13(22)10-4-6-11(16)7-5-10/h4-7H,8-9H2,1-3H3,(H,17,22)(H,19,21)(H2,18,20,23). The van der Waals surface area contributed by atoms with Crippen molar-refractivity contribution in [1.82, 2.24) is 21.5 Å². The first-order valence-corrected chi connectivity index (χ1v) is 8.28. The van der Waals surface area contributed by atoms with Gasteiger partial charge in [-0.3, -0.25) is 20.4 Å². The maximum absolute atomic E-state index is 11.9. The van der Waals surface area contributed by atoms with Crippen molar-refractivity contribution in [2.24, 2.45) is 0 Å². The highest BCUT2D eigenvalue weighted by Gasteiger charge is 2.11. The monoisotopic (exact) mass is 400 g/mol. The predicted octanol–water partition coefficient (Wildman–Crippen LogP) is 1.86. The summed E-state index contributed by atoms with van der Waals surface area (Å²) in [6, 6.07) is 6.98. The summed E-state index contributed by atoms with van der Waals surface area (Å²) in [5.74, 6) is -0.484. The number of hydrazine groups is 1. The molecule has 126 valence electrons. The molecule has 0 radical (unpaired) electrons. The lowest BCUT2D eigenvalue weighted by Gasteiger charge is -2.23. The maximum atomic E-state index is 11.9. The average molecular weight is 401 g/mol. The molecule has 6 nitrogen and oxygen atoms in total. The Morgan fingerprint density at radius 2 is 1.74 bits per heavy atom. The minimum Gasteiger partial charge on any atom is -0.357 e. The van der Waals surface area contributed by atoms with Gasteiger partial charge in [0.1, 0.15) is 0 Å². The molecule has 1 aromatic carbocycles. The predicted molar refractivity (Wildman–Crippen MR) is 97.9 cm³/mol. The Morgan fingerprint density at radius 1 is 1.13 bits per heavy atom. The van der Waals surface area contributed by atoms with Gasteiger partial charge in [-0.25, -0.2) is 0 Å². The van der Waals surface area contributed by atoms with E-state index in [-0.39, 0.29) is 30.3 Å². The molecule has 0 atom stereocenters. The molecule has 0 saturated carbocycles. The lowest BCUT2D eigenvalue weighted by Crippen LogP contribution is -2.52. The number of hydrogen-bond donors (Lipinski definition) is 4. The van der Waals surface area contributed by atoms with Gasteiger partial charge in [-0.1, -0.05) is 15.9 Å². The molecule has 0 aliphatic carbocycles. The van der Waals surface area contributed by atoms with Gasteiger partial charge in [0.25, 0.3) is 5.91 Å². The molecule has 8 heteroatoms. The van der Waals surface area contributed by atoms with Gasteiger partial charge in [-0.2, -0.15) is 0 Å². The Bertz CT molecular complexity index is 570. The van der Waals surface area contributed by atoms with Crippen LogP contribution in [0.25, 0.3) is 0 Å². The van der Waals surface area contributed by atoms with Crippen LogP contribution in [0.5, 0.6) is 0 Å². The van der Waals surface area contributed by atoms with E-state index in [1.165, 1.54) is 0 Å². The molecule has 0 heterocycles. The maximum Gasteiger partial charge on any atom is 0.251 e. The number of amides is 2. The van der Waals surface area contributed by atoms with Crippen molar-refractivity contribution < 1.29 is 9.59 Å². The average Bonchev–Trinajstić information content (AvgIpc) is 2.44. The lowest BCUT2D eigenvalue weighted by molar-refractivity contribution is -0.121. The molecule has 23 heavy (non-hydrogen) atoms. The lowest BCUT2D eigenvalue weighted by atomic mass is 10.1. The Labute approximate surface area is 149 Å². The number of benzene rings is 1. The molecule has 0 aliphatic rings. The Morgan fingerprint density at radius 3 is 2.30 bits per heavy atom. The second-order valence-corrected chi connectivity index (χ2v) is 7.21. The SMILES string of the molecule is CC(C)(C)NC(=S)NNC(=O)CCNC(=O)c1ccc(Br)cc1. The minimum absolute atomic E-state index is 0.146. The first-order chi connectivity index (χ1) is 10.7. The minimum atomic E-state index is -0.265. The second-order valence-electron chi connectivity index (χ2n) is 5.89. The zero-order valence-electron chi connectivity index (χ0n) is 13.3. The molecule has 0 unspecified atom stereocenters. The number of rotatable bonds is 4. The van der Waals surface area contributed by atoms with Crippen LogP contribution in [-0.4, -0.2) is 29.0 Å². The van der Waals surface area contributed by atoms with E-state index in [0.29, 0.717) is 10.7 Å². The van der Waals surface area contributed by atoms with E-state index in [0.717, 1.165) is 4.47 Å². The third-order valence-electron chi connectivity index (χ3n) is 2.55. The van der Waals surface area contributed by atoms with Crippen LogP contribution in [0.4, 0.5) is 0 Å². The fraction of sp³-hybridized carbons (Fsp3) is 0.400. The van der Waals surface area contributed by atoms with Crippen molar-refractivity contribution in [3.8, 4) is 0 Å². The van der Waals surface area contributed by atoms with E-state index in [4.69, 9.17) is 12.2 Å². The number of hydrogen-bond acceptors (Lipinski definition) is 3. The third kappa shape index (κ3) is 8.51. The Balaban J connectivity index is 2.25. The van der Waals surface area contributed by atoms with Crippen molar-refractivity contribution in [2.45, 2.75) is 32.7 Å². The Hall–Kier alpha value is -1.67. The molecule has 0 aromatic heterocycles. The summed E-state index contributed by atoms with van der Waals surface area (Å²) >= 11 is 8.34. The van der Waals surface area contributed by atoms with E-state index in [1.54, 1.807) is 24.3 Å². The smallest absolute Gasteiger partial charge is 0.251 e. The number of nitrogens with one attached hydrogen (secondary N) is 4. The molecule has 0 aliphatic heterocycles. The van der Waals surface area contributed by atoms with Crippen molar-refractivity contribution in [2.75, 3.05) is 6.54 Å². The second kappa shape index (κ2) is 8.83. The normalized spacial score (nSPS) is 10.6. The quantitative estimate of drug-likeness (QED) is 0.458. The van der Waals surface area contributed by atoms with Gasteiger partial charge in [0.15, 0.2) is 5.11 Å². The van der Waals surface area contributed by atoms with Crippen LogP contribution in [0, 0.1) is 0 Å². The van der Waals surface area contributed by atoms with Crippen LogP contribution < -0.4 is 21.5 Å². The van der Waals surface area contributed by atoms with Gasteiger partial charge in [0.05, 0.1) is 0 Å². The molecule has 0 spiro atoms. The van der Waals surface area contributed by atoms with E-state index in [1.807, 2.05) is 20.8 Å². The van der Waals surface area contributed by atoms with Gasteiger partial charge >= 0.3 is 0 Å². The van der Waals surface area contributed by atoms with Crippen LogP contribution in [0.1, 0.15) is 37.6 Å². The van der Waals surface area contributed by atoms with Crippen molar-refractivity contribution in [3.63, 3.8) is 0 Å². The van der Waals surface area contributed by atoms with Crippen LogP contribution in [0.2, 0.25) is 0 Å². The largest absolute Gasteiger partial charge is 0.357 e. The summed E-state index contributed by atoms with van der Waals surface area (Å²) in [5, 5.41) is 6.03. The van der Waals surface area contributed by atoms with E-state index in [9.17, 15) is 9.59 Å². The summed E-state index contributed by atoms with van der Waals surface area (Å²) in [6.07, 6.45) is 0.146. The fourth-order valence-electron chi connectivity index (χ4n) is 1.55. The molecular formula is C15H21BrN4O2S. The molecule has 0 bridgehead atoms. The summed E-state index contributed by atoms with van der Waals surface area (Å²) in [7, 11) is 0. The van der Waals surface area contributed by atoms with Gasteiger partial charge in [0, 0.05) is 28.5 Å². The molecule has 0 fully saturated rings. The zero-order valence-corrected chi connectivity index (χ0v) is 15.7. The van der Waals surface area contributed by atoms with E-state index in [2.05, 4.69) is 37.4 Å². The van der Waals surface area contributed by atoms with Gasteiger partial charge in [-0.15, -0.1) is 0 Å². The topological polar surface area (TPSA) is 82.3 Å². The first kappa shape index (κ1) is 19.4. The summed E-state index contributed by atoms with van der Waals surface area (Å²) in [4.78, 5) is 23.5. The number of carbonyl (C=O) groups is 2. The molecule has 1 aromatic rings. The third-order valence-corrected chi connectivity index (χ3v) is 3.28. The van der Waals surface area contributed by atoms with Crippen LogP contribution in [-0.2, 0) is 4.79 Å². The molecule has 4 N–H and O–H groups in total. The highest BCUT2D eigenvalue weighted by atomic mass is 79.9. The highest BCUT2D eigenvalue weighted by Crippen LogP contribution is 2.10. The van der Waals surface area contributed by atoms with Crippen LogP contribution in [0.15, 0.2) is 28.7 Å². The van der Waals surface area contributed by atoms with Crippen molar-refractivity contribution in [1.29, 1.82) is 0 Å². The number of carbonyl (C=O) groups excluding carboxylic acids is 2. The molecule has 1 rings (SSSR count). The van der Waals surface area contributed by atoms with Crippen molar-refractivity contribution in [3.05, 3.63) is 34.3 Å². The summed E-state index contributed by atoms with van der Waals surface area (Å²) in [5.41, 5.74) is 5.45.